The molecular formula is C24H30N2O6S. The Kier molecular flexibility index (Phi) is 8.46. The van der Waals surface area contributed by atoms with Gasteiger partial charge in [0.1, 0.15) is 5.75 Å². The molecular weight excluding hydrogens is 444 g/mol. The van der Waals surface area contributed by atoms with Gasteiger partial charge in [0.15, 0.2) is 0 Å². The third kappa shape index (κ3) is 6.33. The zero-order valence-corrected chi connectivity index (χ0v) is 19.8. The number of hydrogen-bond donors (Lipinski definition) is 0. The van der Waals surface area contributed by atoms with Crippen LogP contribution < -0.4 is 4.74 Å². The summed E-state index contributed by atoms with van der Waals surface area (Å²) in [4.78, 5) is 26.9. The Hall–Kier alpha value is -2.91. The molecule has 1 saturated heterocycles. The number of sulfonamides is 1. The van der Waals surface area contributed by atoms with Crippen molar-refractivity contribution < 1.29 is 27.5 Å². The van der Waals surface area contributed by atoms with E-state index in [0.717, 1.165) is 5.56 Å². The van der Waals surface area contributed by atoms with Gasteiger partial charge in [0.05, 0.1) is 31.5 Å². The van der Waals surface area contributed by atoms with Crippen molar-refractivity contribution in [2.24, 2.45) is 5.92 Å². The molecule has 0 saturated carbocycles. The molecule has 1 heterocycles. The van der Waals surface area contributed by atoms with Crippen LogP contribution in [0, 0.1) is 5.92 Å². The van der Waals surface area contributed by atoms with E-state index in [4.69, 9.17) is 9.47 Å². The quantitative estimate of drug-likeness (QED) is 0.519. The number of hydrogen-bond acceptors (Lipinski definition) is 6. The van der Waals surface area contributed by atoms with Crippen molar-refractivity contribution in [2.75, 3.05) is 33.9 Å². The van der Waals surface area contributed by atoms with Crippen molar-refractivity contribution >= 4 is 21.9 Å². The lowest BCUT2D eigenvalue weighted by molar-refractivity contribution is -0.143. The minimum absolute atomic E-state index is 0.0790. The molecule has 0 spiro atoms. The smallest absolute Gasteiger partial charge is 0.307 e. The number of esters is 1. The number of piperidine rings is 1. The van der Waals surface area contributed by atoms with Gasteiger partial charge in [-0.25, -0.2) is 8.42 Å². The second-order valence-corrected chi connectivity index (χ2v) is 9.89. The molecule has 1 unspecified atom stereocenters. The second kappa shape index (κ2) is 11.3. The van der Waals surface area contributed by atoms with E-state index in [-0.39, 0.29) is 30.3 Å². The van der Waals surface area contributed by atoms with Crippen LogP contribution in [0.2, 0.25) is 0 Å². The first kappa shape index (κ1) is 24.7. The van der Waals surface area contributed by atoms with E-state index in [2.05, 4.69) is 0 Å². The molecule has 1 atom stereocenters. The molecule has 8 nitrogen and oxygen atoms in total. The predicted molar refractivity (Wildman–Crippen MR) is 123 cm³/mol. The van der Waals surface area contributed by atoms with Crippen molar-refractivity contribution in [1.29, 1.82) is 0 Å². The van der Waals surface area contributed by atoms with Crippen molar-refractivity contribution in [3.05, 3.63) is 60.2 Å². The van der Waals surface area contributed by atoms with E-state index in [0.29, 0.717) is 31.7 Å². The van der Waals surface area contributed by atoms with Crippen molar-refractivity contribution in [3.63, 3.8) is 0 Å². The average Bonchev–Trinajstić information content (AvgIpc) is 2.86. The first-order valence-electron chi connectivity index (χ1n) is 10.9. The lowest BCUT2D eigenvalue weighted by atomic mass is 9.97. The number of methoxy groups -OCH3 is 2. The summed E-state index contributed by atoms with van der Waals surface area (Å²) in [5, 5.41) is 0. The molecule has 2 aromatic rings. The van der Waals surface area contributed by atoms with Crippen molar-refractivity contribution in [2.45, 2.75) is 30.7 Å². The molecule has 0 aliphatic carbocycles. The van der Waals surface area contributed by atoms with Crippen LogP contribution >= 0.6 is 0 Å². The topological polar surface area (TPSA) is 93.2 Å². The van der Waals surface area contributed by atoms with E-state index >= 15 is 0 Å². The molecule has 2 aromatic carbocycles. The van der Waals surface area contributed by atoms with E-state index in [1.807, 2.05) is 30.3 Å². The lowest BCUT2D eigenvalue weighted by Gasteiger charge is -2.34. The van der Waals surface area contributed by atoms with Crippen LogP contribution in [-0.2, 0) is 30.9 Å². The van der Waals surface area contributed by atoms with Gasteiger partial charge in [0.2, 0.25) is 15.9 Å². The Morgan fingerprint density at radius 1 is 1.06 bits per heavy atom. The predicted octanol–water partition coefficient (Wildman–Crippen LogP) is 2.69. The van der Waals surface area contributed by atoms with E-state index < -0.39 is 21.9 Å². The number of nitrogens with zero attached hydrogens (tertiary/aromatic N) is 2. The normalized spacial score (nSPS) is 16.7. The number of carbonyl (C=O) groups excluding carboxylic acids is 2. The van der Waals surface area contributed by atoms with Crippen LogP contribution in [-0.4, -0.2) is 63.4 Å². The molecule has 0 aromatic heterocycles. The molecule has 1 aliphatic heterocycles. The molecule has 178 valence electrons. The summed E-state index contributed by atoms with van der Waals surface area (Å²) in [5.74, 6) is -0.457. The first-order valence-corrected chi connectivity index (χ1v) is 12.3. The Balaban J connectivity index is 1.75. The van der Waals surface area contributed by atoms with Crippen LogP contribution in [0.4, 0.5) is 0 Å². The Morgan fingerprint density at radius 2 is 1.76 bits per heavy atom. The molecule has 9 heteroatoms. The summed E-state index contributed by atoms with van der Waals surface area (Å²) in [5.41, 5.74) is 0.939. The maximum absolute atomic E-state index is 13.4. The Labute approximate surface area is 195 Å². The number of benzene rings is 2. The van der Waals surface area contributed by atoms with Crippen molar-refractivity contribution in [1.82, 2.24) is 9.21 Å². The van der Waals surface area contributed by atoms with Gasteiger partial charge < -0.3 is 14.4 Å². The van der Waals surface area contributed by atoms with Crippen LogP contribution in [0.3, 0.4) is 0 Å². The maximum Gasteiger partial charge on any atom is 0.307 e. The Bertz CT molecular complexity index is 1040. The van der Waals surface area contributed by atoms with Crippen LogP contribution in [0.1, 0.15) is 24.8 Å². The number of amides is 1. The summed E-state index contributed by atoms with van der Waals surface area (Å²) in [6, 6.07) is 15.7. The van der Waals surface area contributed by atoms with E-state index in [9.17, 15) is 18.0 Å². The fourth-order valence-electron chi connectivity index (χ4n) is 3.92. The summed E-state index contributed by atoms with van der Waals surface area (Å²) in [6.45, 7) is 1.02. The average molecular weight is 475 g/mol. The highest BCUT2D eigenvalue weighted by atomic mass is 32.2. The largest absolute Gasteiger partial charge is 0.497 e. The summed E-state index contributed by atoms with van der Waals surface area (Å²) < 4.78 is 37.6. The van der Waals surface area contributed by atoms with Crippen LogP contribution in [0.5, 0.6) is 5.75 Å². The van der Waals surface area contributed by atoms with Gasteiger partial charge in [0.25, 0.3) is 0 Å². The molecule has 33 heavy (non-hydrogen) atoms. The highest BCUT2D eigenvalue weighted by Gasteiger charge is 2.35. The molecule has 1 fully saturated rings. The molecule has 1 aliphatic rings. The number of carbonyl (C=O) groups is 2. The minimum Gasteiger partial charge on any atom is -0.497 e. The zero-order chi connectivity index (χ0) is 23.8. The number of rotatable bonds is 9. The standard InChI is InChI=1S/C24H30N2O6S/c1-31-21-10-12-22(13-11-21)33(29,30)26-15-6-9-20(18-26)24(28)25(16-14-23(27)32-2)17-19-7-4-3-5-8-19/h3-5,7-8,10-13,20H,6,9,14-18H2,1-2H3. The first-order chi connectivity index (χ1) is 15.8. The molecule has 0 bridgehead atoms. The molecule has 1 amide bonds. The summed E-state index contributed by atoms with van der Waals surface area (Å²) in [7, 11) is -0.901. The third-order valence-electron chi connectivity index (χ3n) is 5.77. The van der Waals surface area contributed by atoms with Gasteiger partial charge in [-0.2, -0.15) is 4.31 Å². The molecule has 0 radical (unpaired) electrons. The maximum atomic E-state index is 13.4. The number of ether oxygens (including phenoxy) is 2. The van der Waals surface area contributed by atoms with Gasteiger partial charge >= 0.3 is 5.97 Å². The van der Waals surface area contributed by atoms with Crippen LogP contribution in [0.15, 0.2) is 59.5 Å². The SMILES string of the molecule is COC(=O)CCN(Cc1ccccc1)C(=O)C1CCCN(S(=O)(=O)c2ccc(OC)cc2)C1. The lowest BCUT2D eigenvalue weighted by Crippen LogP contribution is -2.47. The fraction of sp³-hybridized carbons (Fsp3) is 0.417. The minimum atomic E-state index is -3.73. The Morgan fingerprint density at radius 3 is 2.39 bits per heavy atom. The molecule has 0 N–H and O–H groups in total. The van der Waals surface area contributed by atoms with Gasteiger partial charge in [-0.1, -0.05) is 30.3 Å². The van der Waals surface area contributed by atoms with Gasteiger partial charge in [0, 0.05) is 26.2 Å². The second-order valence-electron chi connectivity index (χ2n) is 7.95. The van der Waals surface area contributed by atoms with Gasteiger partial charge in [-0.15, -0.1) is 0 Å². The summed E-state index contributed by atoms with van der Waals surface area (Å²) in [6.07, 6.45) is 1.26. The highest BCUT2D eigenvalue weighted by molar-refractivity contribution is 7.89. The summed E-state index contributed by atoms with van der Waals surface area (Å²) >= 11 is 0. The highest BCUT2D eigenvalue weighted by Crippen LogP contribution is 2.26. The van der Waals surface area contributed by atoms with Crippen molar-refractivity contribution in [3.8, 4) is 5.75 Å². The van der Waals surface area contributed by atoms with E-state index in [1.165, 1.54) is 30.7 Å². The van der Waals surface area contributed by atoms with Gasteiger partial charge in [-0.3, -0.25) is 9.59 Å². The van der Waals surface area contributed by atoms with E-state index in [1.54, 1.807) is 17.0 Å². The zero-order valence-electron chi connectivity index (χ0n) is 19.0. The fourth-order valence-corrected chi connectivity index (χ4v) is 5.44. The third-order valence-corrected chi connectivity index (χ3v) is 7.65. The van der Waals surface area contributed by atoms with Gasteiger partial charge in [-0.05, 0) is 42.7 Å². The monoisotopic (exact) mass is 474 g/mol. The molecule has 3 rings (SSSR count). The van der Waals surface area contributed by atoms with Crippen LogP contribution in [0.25, 0.3) is 0 Å².